The summed E-state index contributed by atoms with van der Waals surface area (Å²) in [7, 11) is 0. The fourth-order valence-electron chi connectivity index (χ4n) is 2.95. The van der Waals surface area contributed by atoms with Crippen LogP contribution < -0.4 is 10.2 Å². The quantitative estimate of drug-likeness (QED) is 0.814. The minimum atomic E-state index is -0.978. The third-order valence-electron chi connectivity index (χ3n) is 4.23. The molecule has 2 aliphatic heterocycles. The second-order valence-corrected chi connectivity index (χ2v) is 5.78. The van der Waals surface area contributed by atoms with Crippen LogP contribution in [0.2, 0.25) is 0 Å². The molecule has 0 aromatic heterocycles. The predicted octanol–water partition coefficient (Wildman–Crippen LogP) is 0.913. The Hall–Kier alpha value is -2.02. The fraction of sp³-hybridized carbons (Fsp3) is 0.467. The molecule has 1 atom stereocenters. The van der Waals surface area contributed by atoms with Crippen molar-refractivity contribution in [1.82, 2.24) is 5.32 Å². The highest BCUT2D eigenvalue weighted by Gasteiger charge is 2.34. The summed E-state index contributed by atoms with van der Waals surface area (Å²) in [6.45, 7) is 1.15. The summed E-state index contributed by atoms with van der Waals surface area (Å²) < 4.78 is 28.6. The van der Waals surface area contributed by atoms with Crippen molar-refractivity contribution < 1.29 is 23.5 Å². The molecular formula is C15H16F2N2O3. The van der Waals surface area contributed by atoms with Gasteiger partial charge in [-0.25, -0.2) is 8.78 Å². The van der Waals surface area contributed by atoms with Crippen LogP contribution in [0.15, 0.2) is 12.1 Å². The van der Waals surface area contributed by atoms with Gasteiger partial charge in [-0.2, -0.15) is 0 Å². The number of nitrogens with zero attached hydrogens (tertiary/aromatic N) is 1. The lowest BCUT2D eigenvalue weighted by molar-refractivity contribution is -0.134. The summed E-state index contributed by atoms with van der Waals surface area (Å²) in [5, 5.41) is 11.1. The number of hydrogen-bond donors (Lipinski definition) is 2. The van der Waals surface area contributed by atoms with Gasteiger partial charge in [0, 0.05) is 43.3 Å². The number of nitrogens with one attached hydrogen (secondary N) is 1. The number of rotatable bonds is 3. The van der Waals surface area contributed by atoms with Gasteiger partial charge in [-0.1, -0.05) is 0 Å². The van der Waals surface area contributed by atoms with Crippen molar-refractivity contribution in [3.63, 3.8) is 0 Å². The van der Waals surface area contributed by atoms with Gasteiger partial charge in [-0.05, 0) is 18.6 Å². The number of hydrogen-bond acceptors (Lipinski definition) is 4. The highest BCUT2D eigenvalue weighted by atomic mass is 19.1. The molecule has 0 radical (unpaired) electrons. The minimum absolute atomic E-state index is 0.0514. The summed E-state index contributed by atoms with van der Waals surface area (Å²) in [4.78, 5) is 24.7. The number of imide groups is 1. The molecule has 0 saturated carbocycles. The molecule has 2 fully saturated rings. The number of aliphatic hydroxyl groups excluding tert-OH is 1. The number of benzene rings is 1. The van der Waals surface area contributed by atoms with Gasteiger partial charge in [-0.3, -0.25) is 14.9 Å². The first-order valence-electron chi connectivity index (χ1n) is 7.18. The van der Waals surface area contributed by atoms with E-state index in [1.807, 2.05) is 0 Å². The normalized spacial score (nSPS) is 22.5. The van der Waals surface area contributed by atoms with E-state index >= 15 is 0 Å². The molecule has 118 valence electrons. The minimum Gasteiger partial charge on any atom is -0.396 e. The molecule has 22 heavy (non-hydrogen) atoms. The molecular weight excluding hydrogens is 294 g/mol. The van der Waals surface area contributed by atoms with Gasteiger partial charge < -0.3 is 10.0 Å². The van der Waals surface area contributed by atoms with Crippen LogP contribution in [0, 0.1) is 17.6 Å². The van der Waals surface area contributed by atoms with Crippen molar-refractivity contribution >= 4 is 17.5 Å². The molecule has 7 heteroatoms. The monoisotopic (exact) mass is 310 g/mol. The lowest BCUT2D eigenvalue weighted by atomic mass is 9.89. The number of amides is 2. The third kappa shape index (κ3) is 2.56. The van der Waals surface area contributed by atoms with Gasteiger partial charge >= 0.3 is 0 Å². The highest BCUT2D eigenvalue weighted by molar-refractivity contribution is 6.01. The molecule has 0 bridgehead atoms. The zero-order valence-electron chi connectivity index (χ0n) is 11.8. The van der Waals surface area contributed by atoms with E-state index in [0.29, 0.717) is 18.8 Å². The Kier molecular flexibility index (Phi) is 3.82. The molecule has 1 aromatic rings. The lowest BCUT2D eigenvalue weighted by Gasteiger charge is -2.40. The predicted molar refractivity (Wildman–Crippen MR) is 74.3 cm³/mol. The number of halogens is 2. The van der Waals surface area contributed by atoms with Gasteiger partial charge in [0.15, 0.2) is 0 Å². The van der Waals surface area contributed by atoms with E-state index in [4.69, 9.17) is 5.11 Å². The highest BCUT2D eigenvalue weighted by Crippen LogP contribution is 2.33. The first-order valence-corrected chi connectivity index (χ1v) is 7.18. The van der Waals surface area contributed by atoms with Crippen LogP contribution in [0.25, 0.3) is 0 Å². The summed E-state index contributed by atoms with van der Waals surface area (Å²) in [5.74, 6) is -3.50. The largest absolute Gasteiger partial charge is 0.396 e. The Bertz CT molecular complexity index is 606. The maximum absolute atomic E-state index is 14.3. The summed E-state index contributed by atoms with van der Waals surface area (Å²) in [6, 6.07) is 2.41. The molecule has 2 amide bonds. The van der Waals surface area contributed by atoms with Gasteiger partial charge in [0.1, 0.15) is 11.6 Å². The third-order valence-corrected chi connectivity index (χ3v) is 4.23. The topological polar surface area (TPSA) is 69.6 Å². The van der Waals surface area contributed by atoms with E-state index in [-0.39, 0.29) is 30.9 Å². The number of anilines is 1. The van der Waals surface area contributed by atoms with Crippen LogP contribution in [0.3, 0.4) is 0 Å². The zero-order valence-corrected chi connectivity index (χ0v) is 11.8. The fourth-order valence-corrected chi connectivity index (χ4v) is 2.95. The maximum Gasteiger partial charge on any atom is 0.234 e. The molecule has 2 N–H and O–H groups in total. The molecule has 0 spiro atoms. The first-order chi connectivity index (χ1) is 10.5. The molecule has 1 unspecified atom stereocenters. The standard InChI is InChI=1S/C15H16F2N2O3/c16-11-3-9(19-5-8(6-19)7-20)4-12(17)14(11)10-1-2-13(21)18-15(10)22/h3-4,8,10,20H,1-2,5-7H2,(H,18,21,22). The Morgan fingerprint density at radius 3 is 2.41 bits per heavy atom. The van der Waals surface area contributed by atoms with Crippen molar-refractivity contribution in [3.05, 3.63) is 29.3 Å². The van der Waals surface area contributed by atoms with Gasteiger partial charge in [0.05, 0.1) is 5.92 Å². The van der Waals surface area contributed by atoms with E-state index < -0.39 is 29.4 Å². The SMILES string of the molecule is O=C1CCC(c2c(F)cc(N3CC(CO)C3)cc2F)C(=O)N1. The molecule has 1 aromatic carbocycles. The molecule has 2 heterocycles. The van der Waals surface area contributed by atoms with Crippen LogP contribution in [-0.2, 0) is 9.59 Å². The molecule has 2 saturated heterocycles. The summed E-state index contributed by atoms with van der Waals surface area (Å²) in [5.41, 5.74) is 0.115. The van der Waals surface area contributed by atoms with Gasteiger partial charge in [0.2, 0.25) is 11.8 Å². The number of carbonyl (C=O) groups is 2. The zero-order chi connectivity index (χ0) is 15.9. The van der Waals surface area contributed by atoms with Crippen molar-refractivity contribution in [2.75, 3.05) is 24.6 Å². The molecule has 2 aliphatic rings. The summed E-state index contributed by atoms with van der Waals surface area (Å²) in [6.07, 6.45) is 0.176. The molecule has 0 aliphatic carbocycles. The lowest BCUT2D eigenvalue weighted by Crippen LogP contribution is -2.48. The van der Waals surface area contributed by atoms with Crippen LogP contribution >= 0.6 is 0 Å². The number of piperidine rings is 1. The van der Waals surface area contributed by atoms with E-state index in [0.717, 1.165) is 0 Å². The maximum atomic E-state index is 14.3. The molecule has 5 nitrogen and oxygen atoms in total. The number of carbonyl (C=O) groups excluding carboxylic acids is 2. The average molecular weight is 310 g/mol. The van der Waals surface area contributed by atoms with Gasteiger partial charge in [-0.15, -0.1) is 0 Å². The van der Waals surface area contributed by atoms with Crippen molar-refractivity contribution in [2.45, 2.75) is 18.8 Å². The Morgan fingerprint density at radius 1 is 1.23 bits per heavy atom. The van der Waals surface area contributed by atoms with E-state index in [1.165, 1.54) is 12.1 Å². The summed E-state index contributed by atoms with van der Waals surface area (Å²) >= 11 is 0. The number of aliphatic hydroxyl groups is 1. The Balaban J connectivity index is 1.84. The average Bonchev–Trinajstić information content (AvgIpc) is 2.39. The van der Waals surface area contributed by atoms with Crippen molar-refractivity contribution in [1.29, 1.82) is 0 Å². The van der Waals surface area contributed by atoms with E-state index in [1.54, 1.807) is 4.90 Å². The van der Waals surface area contributed by atoms with E-state index in [9.17, 15) is 18.4 Å². The first kappa shape index (κ1) is 14.9. The van der Waals surface area contributed by atoms with Crippen molar-refractivity contribution in [3.8, 4) is 0 Å². The van der Waals surface area contributed by atoms with Crippen LogP contribution in [-0.4, -0.2) is 36.6 Å². The van der Waals surface area contributed by atoms with E-state index in [2.05, 4.69) is 5.32 Å². The Labute approximate surface area is 125 Å². The second kappa shape index (κ2) is 5.64. The molecule has 3 rings (SSSR count). The van der Waals surface area contributed by atoms with Crippen molar-refractivity contribution in [2.24, 2.45) is 5.92 Å². The smallest absolute Gasteiger partial charge is 0.234 e. The van der Waals surface area contributed by atoms with Crippen LogP contribution in [0.5, 0.6) is 0 Å². The second-order valence-electron chi connectivity index (χ2n) is 5.78. The van der Waals surface area contributed by atoms with Crippen LogP contribution in [0.4, 0.5) is 14.5 Å². The Morgan fingerprint density at radius 2 is 1.86 bits per heavy atom. The van der Waals surface area contributed by atoms with Crippen LogP contribution in [0.1, 0.15) is 24.3 Å². The van der Waals surface area contributed by atoms with Gasteiger partial charge in [0.25, 0.3) is 0 Å².